The minimum Gasteiger partial charge on any atom is -0.371 e. The second kappa shape index (κ2) is 8.40. The molecule has 0 aliphatic carbocycles. The fraction of sp³-hybridized carbons (Fsp3) is 0.400. The van der Waals surface area contributed by atoms with Gasteiger partial charge in [-0.3, -0.25) is 0 Å². The van der Waals surface area contributed by atoms with Gasteiger partial charge in [0, 0.05) is 6.42 Å². The smallest absolute Gasteiger partial charge is 0.157 e. The summed E-state index contributed by atoms with van der Waals surface area (Å²) in [7, 11) is 0. The second-order valence-corrected chi connectivity index (χ2v) is 6.13. The van der Waals surface area contributed by atoms with E-state index in [-0.39, 0.29) is 18.3 Å². The Labute approximate surface area is 143 Å². The van der Waals surface area contributed by atoms with Gasteiger partial charge >= 0.3 is 0 Å². The van der Waals surface area contributed by atoms with E-state index in [9.17, 15) is 5.11 Å². The van der Waals surface area contributed by atoms with Crippen LogP contribution in [0.5, 0.6) is 0 Å². The lowest BCUT2D eigenvalue weighted by Gasteiger charge is -2.38. The van der Waals surface area contributed by atoms with Crippen molar-refractivity contribution in [1.82, 2.24) is 0 Å². The zero-order valence-corrected chi connectivity index (χ0v) is 13.9. The first-order valence-corrected chi connectivity index (χ1v) is 8.37. The van der Waals surface area contributed by atoms with Gasteiger partial charge < -0.3 is 19.3 Å². The Morgan fingerprint density at radius 1 is 0.917 bits per heavy atom. The number of rotatable bonds is 6. The maximum absolute atomic E-state index is 9.89. The summed E-state index contributed by atoms with van der Waals surface area (Å²) < 4.78 is 17.6. The minimum absolute atomic E-state index is 0.201. The third-order valence-electron chi connectivity index (χ3n) is 4.23. The van der Waals surface area contributed by atoms with Gasteiger partial charge in [-0.1, -0.05) is 60.7 Å². The molecule has 0 amide bonds. The van der Waals surface area contributed by atoms with Crippen LogP contribution >= 0.6 is 0 Å². The molecule has 1 N–H and O–H groups in total. The van der Waals surface area contributed by atoms with E-state index in [1.54, 1.807) is 0 Å². The van der Waals surface area contributed by atoms with Crippen LogP contribution in [0.3, 0.4) is 0 Å². The van der Waals surface area contributed by atoms with E-state index in [4.69, 9.17) is 14.2 Å². The first-order chi connectivity index (χ1) is 11.7. The molecule has 2 aromatic rings. The summed E-state index contributed by atoms with van der Waals surface area (Å²) in [6.07, 6.45) is -1.03. The highest BCUT2D eigenvalue weighted by Crippen LogP contribution is 2.26. The number of ether oxygens (including phenoxy) is 3. The largest absolute Gasteiger partial charge is 0.371 e. The monoisotopic (exact) mass is 328 g/mol. The average molecular weight is 328 g/mol. The Balaban J connectivity index is 1.61. The first-order valence-electron chi connectivity index (χ1n) is 8.37. The number of aliphatic hydroxyl groups excluding tert-OH is 1. The molecule has 4 atom stereocenters. The van der Waals surface area contributed by atoms with Crippen molar-refractivity contribution in [3.8, 4) is 0 Å². The fourth-order valence-corrected chi connectivity index (χ4v) is 2.97. The molecule has 3 rings (SSSR count). The van der Waals surface area contributed by atoms with Crippen molar-refractivity contribution in [3.05, 3.63) is 71.8 Å². The van der Waals surface area contributed by atoms with E-state index in [0.29, 0.717) is 19.6 Å². The zero-order chi connectivity index (χ0) is 16.8. The molecule has 128 valence electrons. The number of aliphatic hydroxyl groups is 1. The van der Waals surface area contributed by atoms with Gasteiger partial charge in [-0.25, -0.2) is 0 Å². The highest BCUT2D eigenvalue weighted by Gasteiger charge is 2.37. The van der Waals surface area contributed by atoms with Crippen LogP contribution in [0.2, 0.25) is 0 Å². The molecule has 1 aliphatic rings. The van der Waals surface area contributed by atoms with Crippen LogP contribution in [0.25, 0.3) is 0 Å². The van der Waals surface area contributed by atoms with E-state index in [1.165, 1.54) is 0 Å². The van der Waals surface area contributed by atoms with Crippen molar-refractivity contribution in [3.63, 3.8) is 0 Å². The van der Waals surface area contributed by atoms with Crippen LogP contribution < -0.4 is 0 Å². The summed E-state index contributed by atoms with van der Waals surface area (Å²) in [5.74, 6) is 0. The van der Waals surface area contributed by atoms with Crippen molar-refractivity contribution in [2.75, 3.05) is 0 Å². The van der Waals surface area contributed by atoms with Gasteiger partial charge in [-0.05, 0) is 18.1 Å². The summed E-state index contributed by atoms with van der Waals surface area (Å²) in [5, 5.41) is 9.89. The summed E-state index contributed by atoms with van der Waals surface area (Å²) in [5.41, 5.74) is 2.21. The van der Waals surface area contributed by atoms with Crippen LogP contribution in [0.4, 0.5) is 0 Å². The van der Waals surface area contributed by atoms with Crippen molar-refractivity contribution >= 4 is 0 Å². The molecule has 0 spiro atoms. The molecule has 1 unspecified atom stereocenters. The van der Waals surface area contributed by atoms with Gasteiger partial charge in [-0.2, -0.15) is 0 Å². The molecular weight excluding hydrogens is 304 g/mol. The van der Waals surface area contributed by atoms with Crippen LogP contribution in [0, 0.1) is 0 Å². The van der Waals surface area contributed by atoms with Gasteiger partial charge in [-0.15, -0.1) is 0 Å². The normalized spacial score (nSPS) is 27.1. The topological polar surface area (TPSA) is 47.9 Å². The summed E-state index contributed by atoms with van der Waals surface area (Å²) in [6, 6.07) is 20.0. The molecule has 0 saturated carbocycles. The predicted octanol–water partition coefficient (Wildman–Crippen LogP) is 3.28. The van der Waals surface area contributed by atoms with Gasteiger partial charge in [0.25, 0.3) is 0 Å². The first kappa shape index (κ1) is 17.1. The highest BCUT2D eigenvalue weighted by molar-refractivity contribution is 5.14. The van der Waals surface area contributed by atoms with E-state index in [2.05, 4.69) is 0 Å². The molecule has 1 aliphatic heterocycles. The lowest BCUT2D eigenvalue weighted by molar-refractivity contribution is -0.251. The van der Waals surface area contributed by atoms with Crippen molar-refractivity contribution in [1.29, 1.82) is 0 Å². The molecule has 24 heavy (non-hydrogen) atoms. The van der Waals surface area contributed by atoms with E-state index < -0.39 is 6.29 Å². The van der Waals surface area contributed by atoms with Crippen molar-refractivity contribution < 1.29 is 19.3 Å². The second-order valence-electron chi connectivity index (χ2n) is 6.13. The van der Waals surface area contributed by atoms with Crippen LogP contribution in [-0.4, -0.2) is 29.7 Å². The number of hydrogen-bond acceptors (Lipinski definition) is 4. The molecule has 2 aromatic carbocycles. The Hall–Kier alpha value is -1.72. The molecule has 1 saturated heterocycles. The number of hydrogen-bond donors (Lipinski definition) is 1. The van der Waals surface area contributed by atoms with Gasteiger partial charge in [0.15, 0.2) is 6.29 Å². The van der Waals surface area contributed by atoms with Crippen LogP contribution in [-0.2, 0) is 27.4 Å². The molecule has 1 fully saturated rings. The highest BCUT2D eigenvalue weighted by atomic mass is 16.6. The Kier molecular flexibility index (Phi) is 5.99. The van der Waals surface area contributed by atoms with Crippen molar-refractivity contribution in [2.45, 2.75) is 51.2 Å². The van der Waals surface area contributed by atoms with Crippen LogP contribution in [0.15, 0.2) is 60.7 Å². The number of benzene rings is 2. The minimum atomic E-state index is -0.808. The maximum atomic E-state index is 9.89. The molecule has 4 heteroatoms. The lowest BCUT2D eigenvalue weighted by Crippen LogP contribution is -2.49. The Morgan fingerprint density at radius 3 is 2.04 bits per heavy atom. The Bertz CT molecular complexity index is 602. The van der Waals surface area contributed by atoms with E-state index in [1.807, 2.05) is 67.6 Å². The van der Waals surface area contributed by atoms with Gasteiger partial charge in [0.2, 0.25) is 0 Å². The SMILES string of the molecule is CC1O[C@@H](O)C[C@@H](OCc2ccccc2)[C@H]1OCc1ccccc1. The third kappa shape index (κ3) is 4.65. The van der Waals surface area contributed by atoms with E-state index >= 15 is 0 Å². The lowest BCUT2D eigenvalue weighted by atomic mass is 10.0. The molecule has 1 heterocycles. The van der Waals surface area contributed by atoms with Gasteiger partial charge in [0.05, 0.1) is 25.4 Å². The zero-order valence-electron chi connectivity index (χ0n) is 13.9. The molecule has 0 radical (unpaired) electrons. The summed E-state index contributed by atoms with van der Waals surface area (Å²) in [4.78, 5) is 0. The van der Waals surface area contributed by atoms with Gasteiger partial charge in [0.1, 0.15) is 6.10 Å². The quantitative estimate of drug-likeness (QED) is 0.884. The Morgan fingerprint density at radius 2 is 1.46 bits per heavy atom. The molecule has 0 bridgehead atoms. The molecule has 4 nitrogen and oxygen atoms in total. The standard InChI is InChI=1S/C20H24O4/c1-15-20(23-14-17-10-6-3-7-11-17)18(12-19(21)24-15)22-13-16-8-4-2-5-9-16/h2-11,15,18-21H,12-14H2,1H3/t15?,18-,19-,20+/m1/s1. The van der Waals surface area contributed by atoms with Crippen LogP contribution in [0.1, 0.15) is 24.5 Å². The molecule has 0 aromatic heterocycles. The molecular formula is C20H24O4. The summed E-state index contributed by atoms with van der Waals surface area (Å²) >= 11 is 0. The fourth-order valence-electron chi connectivity index (χ4n) is 2.97. The van der Waals surface area contributed by atoms with E-state index in [0.717, 1.165) is 11.1 Å². The summed E-state index contributed by atoms with van der Waals surface area (Å²) in [6.45, 7) is 2.91. The van der Waals surface area contributed by atoms with Crippen molar-refractivity contribution in [2.24, 2.45) is 0 Å². The maximum Gasteiger partial charge on any atom is 0.157 e. The average Bonchev–Trinajstić information content (AvgIpc) is 2.61. The third-order valence-corrected chi connectivity index (χ3v) is 4.23. The predicted molar refractivity (Wildman–Crippen MR) is 91.2 cm³/mol.